The second-order valence-corrected chi connectivity index (χ2v) is 38.3. The lowest BCUT2D eigenvalue weighted by Gasteiger charge is -2.22. The molecule has 33 rings (SSSR count). The molecule has 0 bridgehead atoms. The molecular weight excluding hydrogens is 1680 g/mol. The SMILES string of the molecule is CC1(C)c2ccccc2-c2ccc(-c3cc4c5ccc6c7ccccc7oc6c5n5c4c(c3)c3ccc4c6ccccc6oc4c35)cc21.c1ccc(-c2ccc3cc4c5cccc6c7cc8ccc(-c9ccccc9)cc8cc7n(c4cc3c2)c56)cc1.c1ccc(-c2ccccc2-c2ccc(-c3cc4c5ccc6c7ccccc7oc6c5n5c4c(c3)c3ccc4c6ccccc6oc4c35)cc2)cc1. The zero-order valence-corrected chi connectivity index (χ0v) is 75.0. The van der Waals surface area contributed by atoms with E-state index < -0.39 is 0 Å². The largest absolute Gasteiger partial charge is 0.454 e. The zero-order chi connectivity index (χ0) is 90.2. The lowest BCUT2D eigenvalue weighted by atomic mass is 9.81. The molecule has 0 fully saturated rings. The number of furan rings is 4. The van der Waals surface area contributed by atoms with Crippen molar-refractivity contribution in [2.45, 2.75) is 19.3 Å². The van der Waals surface area contributed by atoms with Gasteiger partial charge in [-0.15, -0.1) is 0 Å². The highest BCUT2D eigenvalue weighted by Gasteiger charge is 2.37. The van der Waals surface area contributed by atoms with Gasteiger partial charge in [-0.25, -0.2) is 0 Å². The van der Waals surface area contributed by atoms with Crippen molar-refractivity contribution in [3.63, 3.8) is 0 Å². The van der Waals surface area contributed by atoms with Crippen LogP contribution in [0.2, 0.25) is 0 Å². The topological polar surface area (TPSA) is 65.8 Å². The van der Waals surface area contributed by atoms with E-state index in [1.54, 1.807) is 0 Å². The number of fused-ring (bicyclic) bond motifs is 39. The molecule has 0 radical (unpaired) electrons. The predicted molar refractivity (Wildman–Crippen MR) is 578 cm³/mol. The molecule has 0 aliphatic heterocycles. The minimum absolute atomic E-state index is 0.0642. The van der Waals surface area contributed by atoms with Crippen LogP contribution in [0, 0.1) is 0 Å². The first kappa shape index (κ1) is 75.5. The monoisotopic (exact) mass is 1760 g/mol. The number of hydrogen-bond donors (Lipinski definition) is 0. The average Bonchev–Trinajstić information content (AvgIpc) is 1.52. The fraction of sp³-hybridized carbons (Fsp3) is 0.0229. The second-order valence-electron chi connectivity index (χ2n) is 38.3. The van der Waals surface area contributed by atoms with Crippen LogP contribution >= 0.6 is 0 Å². The molecule has 22 aromatic carbocycles. The highest BCUT2D eigenvalue weighted by molar-refractivity contribution is 6.35. The molecule has 10 heterocycles. The van der Waals surface area contributed by atoms with Crippen molar-refractivity contribution in [2.75, 3.05) is 0 Å². The summed E-state index contributed by atoms with van der Waals surface area (Å²) in [5.41, 5.74) is 37.9. The summed E-state index contributed by atoms with van der Waals surface area (Å²) in [7, 11) is 0. The third-order valence-corrected chi connectivity index (χ3v) is 30.7. The summed E-state index contributed by atoms with van der Waals surface area (Å²) in [6, 6.07) is 156. The Balaban J connectivity index is 0.0000000968. The van der Waals surface area contributed by atoms with Gasteiger partial charge in [-0.1, -0.05) is 329 Å². The van der Waals surface area contributed by atoms with E-state index in [0.29, 0.717) is 0 Å². The molecule has 0 N–H and O–H groups in total. The number of aromatic nitrogens is 3. The zero-order valence-electron chi connectivity index (χ0n) is 75.0. The molecule has 0 saturated carbocycles. The van der Waals surface area contributed by atoms with Gasteiger partial charge < -0.3 is 30.9 Å². The maximum atomic E-state index is 6.71. The Kier molecular flexibility index (Phi) is 15.3. The van der Waals surface area contributed by atoms with Crippen molar-refractivity contribution >= 4 is 224 Å². The average molecular weight is 1760 g/mol. The van der Waals surface area contributed by atoms with Crippen LogP contribution in [0.15, 0.2) is 448 Å². The van der Waals surface area contributed by atoms with E-state index in [0.717, 1.165) is 110 Å². The van der Waals surface area contributed by atoms with Crippen LogP contribution in [-0.2, 0) is 5.41 Å². The van der Waals surface area contributed by atoms with Gasteiger partial charge in [0.1, 0.15) is 22.3 Å². The lowest BCUT2D eigenvalue weighted by Crippen LogP contribution is -2.14. The van der Waals surface area contributed by atoms with Crippen LogP contribution in [0.25, 0.3) is 301 Å². The fourth-order valence-electron chi connectivity index (χ4n) is 24.3. The number of rotatable bonds is 6. The Bertz CT molecular complexity index is 10400. The second kappa shape index (κ2) is 28.0. The van der Waals surface area contributed by atoms with Crippen LogP contribution in [0.3, 0.4) is 0 Å². The van der Waals surface area contributed by atoms with Crippen LogP contribution in [0.4, 0.5) is 0 Å². The molecule has 7 nitrogen and oxygen atoms in total. The Morgan fingerprint density at radius 2 is 0.457 bits per heavy atom. The van der Waals surface area contributed by atoms with E-state index in [1.807, 2.05) is 24.3 Å². The summed E-state index contributed by atoms with van der Waals surface area (Å²) in [5.74, 6) is 0. The van der Waals surface area contributed by atoms with Crippen molar-refractivity contribution in [2.24, 2.45) is 0 Å². The number of benzene rings is 22. The Hall–Kier alpha value is -18.0. The quantitative estimate of drug-likeness (QED) is 0.166. The molecule has 0 saturated heterocycles. The molecule has 640 valence electrons. The van der Waals surface area contributed by atoms with Crippen LogP contribution in [0.5, 0.6) is 0 Å². The Morgan fingerprint density at radius 3 is 0.884 bits per heavy atom. The van der Waals surface area contributed by atoms with Crippen LogP contribution < -0.4 is 0 Å². The standard InChI is InChI=1S/C48H27NO2.C45H27NO2.C38H23N/c1-2-10-29(11-3-1)32-12-4-5-13-33(32)30-20-18-28(19-21-30)31-26-40-36-22-24-38-34-14-6-8-16-42(34)50-47(38)45(36)49-44(40)41(27-31)37-23-25-39-35-15-7-9-17-43(35)51-48(39)46(37)49;1-45(2)36-12-6-3-9-26(36)27-16-15-24(23-37(27)45)25-21-34-30-17-19-32-28-10-4-7-13-38(28)47-43(32)41(30)46-40(34)35(22-25)31-18-20-33-29-11-5-8-14-39(29)48-44(33)42(31)46;1-3-8-24(9-4-1)26-14-16-28-20-34-32-12-7-13-33-35-21-29-17-15-27(25-10-5-2-6-11-25)19-31(29)23-37(35)39(38(32)33)36(34)22-30(28)18-26/h1-27H;3-23H,1-2H3;1-23H. The van der Waals surface area contributed by atoms with Gasteiger partial charge in [0.2, 0.25) is 0 Å². The van der Waals surface area contributed by atoms with Gasteiger partial charge in [0.05, 0.1) is 49.7 Å². The lowest BCUT2D eigenvalue weighted by molar-refractivity contribution is 0.660. The maximum Gasteiger partial charge on any atom is 0.160 e. The van der Waals surface area contributed by atoms with Gasteiger partial charge in [-0.05, 0) is 226 Å². The van der Waals surface area contributed by atoms with E-state index in [2.05, 4.69) is 433 Å². The van der Waals surface area contributed by atoms with E-state index in [4.69, 9.17) is 17.7 Å². The summed E-state index contributed by atoms with van der Waals surface area (Å²) in [6.45, 7) is 4.70. The third-order valence-electron chi connectivity index (χ3n) is 30.7. The molecule has 7 heteroatoms. The van der Waals surface area contributed by atoms with E-state index in [9.17, 15) is 0 Å². The molecule has 0 spiro atoms. The summed E-state index contributed by atoms with van der Waals surface area (Å²) < 4.78 is 34.2. The van der Waals surface area contributed by atoms with Gasteiger partial charge in [-0.2, -0.15) is 0 Å². The van der Waals surface area contributed by atoms with Gasteiger partial charge >= 0.3 is 0 Å². The van der Waals surface area contributed by atoms with Crippen molar-refractivity contribution < 1.29 is 17.7 Å². The molecular formula is C131H77N3O4. The van der Waals surface area contributed by atoms with E-state index in [-0.39, 0.29) is 5.41 Å². The predicted octanol–water partition coefficient (Wildman–Crippen LogP) is 36.7. The van der Waals surface area contributed by atoms with Crippen molar-refractivity contribution in [1.29, 1.82) is 0 Å². The Morgan fingerprint density at radius 1 is 0.159 bits per heavy atom. The summed E-state index contributed by atoms with van der Waals surface area (Å²) in [6.07, 6.45) is 0. The smallest absolute Gasteiger partial charge is 0.160 e. The maximum absolute atomic E-state index is 6.71. The van der Waals surface area contributed by atoms with Crippen LogP contribution in [-0.4, -0.2) is 13.2 Å². The molecule has 1 aliphatic carbocycles. The molecule has 10 aromatic heterocycles. The van der Waals surface area contributed by atoms with E-state index in [1.165, 1.54) is 203 Å². The normalized spacial score (nSPS) is 12.9. The first-order valence-corrected chi connectivity index (χ1v) is 47.6. The van der Waals surface area contributed by atoms with Gasteiger partial charge in [-0.3, -0.25) is 0 Å². The molecule has 138 heavy (non-hydrogen) atoms. The summed E-state index contributed by atoms with van der Waals surface area (Å²) in [5, 5.41) is 29.0. The molecule has 1 aliphatic rings. The molecule has 32 aromatic rings. The first-order valence-electron chi connectivity index (χ1n) is 47.6. The van der Waals surface area contributed by atoms with Crippen molar-refractivity contribution in [3.05, 3.63) is 442 Å². The Labute approximate surface area is 787 Å². The van der Waals surface area contributed by atoms with Gasteiger partial charge in [0.25, 0.3) is 0 Å². The summed E-state index contributed by atoms with van der Waals surface area (Å²) in [4.78, 5) is 0. The van der Waals surface area contributed by atoms with Crippen molar-refractivity contribution in [3.8, 4) is 77.9 Å². The minimum Gasteiger partial charge on any atom is -0.454 e. The minimum atomic E-state index is -0.0642. The highest BCUT2D eigenvalue weighted by Crippen LogP contribution is 2.55. The van der Waals surface area contributed by atoms with E-state index >= 15 is 0 Å². The number of para-hydroxylation sites is 5. The molecule has 0 atom stereocenters. The number of nitrogens with zero attached hydrogens (tertiary/aromatic N) is 3. The van der Waals surface area contributed by atoms with Crippen molar-refractivity contribution in [1.82, 2.24) is 13.2 Å². The number of hydrogen-bond acceptors (Lipinski definition) is 4. The third kappa shape index (κ3) is 10.6. The highest BCUT2D eigenvalue weighted by atomic mass is 16.3. The molecule has 0 unspecified atom stereocenters. The van der Waals surface area contributed by atoms with Gasteiger partial charge in [0.15, 0.2) is 22.3 Å². The first-order chi connectivity index (χ1) is 68.2. The van der Waals surface area contributed by atoms with Gasteiger partial charge in [0, 0.05) is 113 Å². The summed E-state index contributed by atoms with van der Waals surface area (Å²) >= 11 is 0. The van der Waals surface area contributed by atoms with Crippen LogP contribution in [0.1, 0.15) is 25.0 Å². The molecule has 0 amide bonds. The fourth-order valence-corrected chi connectivity index (χ4v) is 24.3.